The molecule has 0 radical (unpaired) electrons. The van der Waals surface area contributed by atoms with Gasteiger partial charge in [-0.05, 0) is 18.8 Å². The van der Waals surface area contributed by atoms with Gasteiger partial charge in [0, 0.05) is 19.2 Å². The molecule has 1 aromatic rings. The zero-order valence-corrected chi connectivity index (χ0v) is 8.22. The molecule has 14 heavy (non-hydrogen) atoms. The van der Waals surface area contributed by atoms with E-state index in [9.17, 15) is 5.11 Å². The molecule has 3 unspecified atom stereocenters. The summed E-state index contributed by atoms with van der Waals surface area (Å²) in [7, 11) is 1.93. The van der Waals surface area contributed by atoms with Crippen molar-refractivity contribution < 1.29 is 5.11 Å². The highest BCUT2D eigenvalue weighted by Gasteiger charge is 2.49. The molecule has 3 atom stereocenters. The minimum Gasteiger partial charge on any atom is -0.383 e. The van der Waals surface area contributed by atoms with Gasteiger partial charge in [0.1, 0.15) is 5.60 Å². The maximum absolute atomic E-state index is 10.5. The van der Waals surface area contributed by atoms with E-state index in [1.807, 2.05) is 17.8 Å². The molecule has 0 amide bonds. The molecule has 0 aliphatic heterocycles. The highest BCUT2D eigenvalue weighted by Crippen LogP contribution is 2.51. The highest BCUT2D eigenvalue weighted by atomic mass is 16.3. The average molecular weight is 190 g/mol. The third-order valence-electron chi connectivity index (χ3n) is 3.51. The first-order valence-corrected chi connectivity index (χ1v) is 5.07. The van der Waals surface area contributed by atoms with E-state index in [0.29, 0.717) is 5.92 Å². The van der Waals surface area contributed by atoms with Crippen molar-refractivity contribution in [3.8, 4) is 0 Å². The SMILES string of the molecule is Cn1cnc(C2(O)CC3C=CC2C3)c1. The lowest BCUT2D eigenvalue weighted by Crippen LogP contribution is -2.30. The topological polar surface area (TPSA) is 38.0 Å². The summed E-state index contributed by atoms with van der Waals surface area (Å²) in [5.41, 5.74) is 0.137. The maximum atomic E-state index is 10.5. The van der Waals surface area contributed by atoms with Crippen LogP contribution >= 0.6 is 0 Å². The van der Waals surface area contributed by atoms with Crippen molar-refractivity contribution in [3.63, 3.8) is 0 Å². The predicted octanol–water partition coefficient (Wildman–Crippen LogP) is 1.20. The van der Waals surface area contributed by atoms with E-state index in [1.54, 1.807) is 6.33 Å². The molecule has 0 aromatic carbocycles. The largest absolute Gasteiger partial charge is 0.383 e. The Hall–Kier alpha value is -1.09. The first kappa shape index (κ1) is 8.24. The van der Waals surface area contributed by atoms with Crippen molar-refractivity contribution in [1.82, 2.24) is 9.55 Å². The van der Waals surface area contributed by atoms with Crippen LogP contribution in [0.2, 0.25) is 0 Å². The van der Waals surface area contributed by atoms with Crippen LogP contribution in [-0.2, 0) is 12.6 Å². The third-order valence-corrected chi connectivity index (χ3v) is 3.51. The number of nitrogens with zero attached hydrogens (tertiary/aromatic N) is 2. The summed E-state index contributed by atoms with van der Waals surface area (Å²) in [5, 5.41) is 10.5. The van der Waals surface area contributed by atoms with Crippen molar-refractivity contribution in [1.29, 1.82) is 0 Å². The highest BCUT2D eigenvalue weighted by molar-refractivity contribution is 5.24. The van der Waals surface area contributed by atoms with Crippen LogP contribution in [0.5, 0.6) is 0 Å². The lowest BCUT2D eigenvalue weighted by molar-refractivity contribution is 0.00639. The van der Waals surface area contributed by atoms with Gasteiger partial charge >= 0.3 is 0 Å². The fraction of sp³-hybridized carbons (Fsp3) is 0.545. The molecule has 0 saturated heterocycles. The number of aliphatic hydroxyl groups is 1. The summed E-state index contributed by atoms with van der Waals surface area (Å²) in [4.78, 5) is 4.27. The average Bonchev–Trinajstić information content (AvgIpc) is 2.78. The molecule has 3 heteroatoms. The van der Waals surface area contributed by atoms with E-state index in [-0.39, 0.29) is 5.92 Å². The van der Waals surface area contributed by atoms with Crippen molar-refractivity contribution in [2.45, 2.75) is 18.4 Å². The minimum absolute atomic E-state index is 0.280. The van der Waals surface area contributed by atoms with E-state index in [0.717, 1.165) is 18.5 Å². The molecule has 2 bridgehead atoms. The summed E-state index contributed by atoms with van der Waals surface area (Å²) >= 11 is 0. The zero-order valence-electron chi connectivity index (χ0n) is 8.22. The number of imidazole rings is 1. The quantitative estimate of drug-likeness (QED) is 0.676. The van der Waals surface area contributed by atoms with Crippen LogP contribution < -0.4 is 0 Å². The van der Waals surface area contributed by atoms with E-state index in [4.69, 9.17) is 0 Å². The van der Waals surface area contributed by atoms with Gasteiger partial charge in [0.15, 0.2) is 0 Å². The Morgan fingerprint density at radius 1 is 1.57 bits per heavy atom. The Labute approximate surface area is 83.1 Å². The number of hydrogen-bond acceptors (Lipinski definition) is 2. The second-order valence-electron chi connectivity index (χ2n) is 4.54. The summed E-state index contributed by atoms with van der Waals surface area (Å²) in [5.74, 6) is 0.842. The Kier molecular flexibility index (Phi) is 1.46. The first-order valence-electron chi connectivity index (χ1n) is 5.07. The summed E-state index contributed by atoms with van der Waals surface area (Å²) < 4.78 is 1.89. The van der Waals surface area contributed by atoms with Crippen LogP contribution in [0.3, 0.4) is 0 Å². The molecule has 74 valence electrons. The van der Waals surface area contributed by atoms with Crippen LogP contribution in [0.25, 0.3) is 0 Å². The van der Waals surface area contributed by atoms with Crippen molar-refractivity contribution in [2.24, 2.45) is 18.9 Å². The van der Waals surface area contributed by atoms with Crippen molar-refractivity contribution >= 4 is 0 Å². The molecular weight excluding hydrogens is 176 g/mol. The second kappa shape index (κ2) is 2.48. The third kappa shape index (κ3) is 0.932. The van der Waals surface area contributed by atoms with E-state index in [2.05, 4.69) is 17.1 Å². The Balaban J connectivity index is 2.02. The van der Waals surface area contributed by atoms with Gasteiger partial charge in [-0.2, -0.15) is 0 Å². The van der Waals surface area contributed by atoms with Gasteiger partial charge in [-0.3, -0.25) is 0 Å². The predicted molar refractivity (Wildman–Crippen MR) is 52.5 cm³/mol. The van der Waals surface area contributed by atoms with E-state index >= 15 is 0 Å². The molecule has 2 aliphatic rings. The van der Waals surface area contributed by atoms with Gasteiger partial charge in [0.05, 0.1) is 12.0 Å². The monoisotopic (exact) mass is 190 g/mol. The van der Waals surface area contributed by atoms with Gasteiger partial charge in [0.25, 0.3) is 0 Å². The zero-order chi connectivity index (χ0) is 9.76. The van der Waals surface area contributed by atoms with E-state index < -0.39 is 5.60 Å². The molecule has 3 rings (SSSR count). The van der Waals surface area contributed by atoms with E-state index in [1.165, 1.54) is 0 Å². The molecule has 1 aromatic heterocycles. The van der Waals surface area contributed by atoms with Crippen molar-refractivity contribution in [3.05, 3.63) is 30.4 Å². The lowest BCUT2D eigenvalue weighted by atomic mass is 9.86. The molecule has 3 nitrogen and oxygen atoms in total. The molecule has 0 spiro atoms. The molecule has 1 heterocycles. The van der Waals surface area contributed by atoms with Crippen LogP contribution in [0.4, 0.5) is 0 Å². The van der Waals surface area contributed by atoms with Crippen LogP contribution in [0, 0.1) is 11.8 Å². The number of fused-ring (bicyclic) bond motifs is 2. The first-order chi connectivity index (χ1) is 6.68. The summed E-state index contributed by atoms with van der Waals surface area (Å²) in [6, 6.07) is 0. The second-order valence-corrected chi connectivity index (χ2v) is 4.54. The molecular formula is C11H14N2O. The minimum atomic E-state index is -0.694. The molecule has 1 saturated carbocycles. The van der Waals surface area contributed by atoms with Crippen LogP contribution in [0.1, 0.15) is 18.5 Å². The normalized spacial score (nSPS) is 39.6. The number of rotatable bonds is 1. The Morgan fingerprint density at radius 3 is 2.93 bits per heavy atom. The summed E-state index contributed by atoms with van der Waals surface area (Å²) in [6.07, 6.45) is 9.97. The number of aryl methyl sites for hydroxylation is 1. The van der Waals surface area contributed by atoms with Crippen molar-refractivity contribution in [2.75, 3.05) is 0 Å². The van der Waals surface area contributed by atoms with Gasteiger partial charge in [-0.1, -0.05) is 12.2 Å². The number of hydrogen-bond donors (Lipinski definition) is 1. The van der Waals surface area contributed by atoms with Crippen LogP contribution in [0.15, 0.2) is 24.7 Å². The maximum Gasteiger partial charge on any atom is 0.115 e. The number of aromatic nitrogens is 2. The van der Waals surface area contributed by atoms with Crippen LogP contribution in [-0.4, -0.2) is 14.7 Å². The lowest BCUT2D eigenvalue weighted by Gasteiger charge is -2.27. The fourth-order valence-electron chi connectivity index (χ4n) is 2.76. The molecule has 1 fully saturated rings. The Bertz CT molecular complexity index is 396. The Morgan fingerprint density at radius 2 is 2.43 bits per heavy atom. The van der Waals surface area contributed by atoms with Gasteiger partial charge in [-0.25, -0.2) is 4.98 Å². The summed E-state index contributed by atoms with van der Waals surface area (Å²) in [6.45, 7) is 0. The molecule has 2 aliphatic carbocycles. The molecule has 1 N–H and O–H groups in total. The standard InChI is InChI=1S/C11H14N2O/c1-13-6-10(12-7-13)11(14)5-8-2-3-9(11)4-8/h2-3,6-9,14H,4-5H2,1H3. The van der Waals surface area contributed by atoms with Gasteiger partial charge in [-0.15, -0.1) is 0 Å². The fourth-order valence-corrected chi connectivity index (χ4v) is 2.76. The number of allylic oxidation sites excluding steroid dienone is 1. The van der Waals surface area contributed by atoms with Gasteiger partial charge < -0.3 is 9.67 Å². The van der Waals surface area contributed by atoms with Gasteiger partial charge in [0.2, 0.25) is 0 Å². The smallest absolute Gasteiger partial charge is 0.115 e.